The molecule has 22 heavy (non-hydrogen) atoms. The number of aryl methyl sites for hydroxylation is 2. The number of pyridine rings is 1. The fourth-order valence-electron chi connectivity index (χ4n) is 3.08. The van der Waals surface area contributed by atoms with Gasteiger partial charge in [-0.25, -0.2) is 0 Å². The van der Waals surface area contributed by atoms with Crippen LogP contribution < -0.4 is 5.32 Å². The molecule has 1 heterocycles. The van der Waals surface area contributed by atoms with Gasteiger partial charge in [0.05, 0.1) is 5.56 Å². The first-order valence-electron chi connectivity index (χ1n) is 7.88. The quantitative estimate of drug-likeness (QED) is 0.940. The molecule has 114 valence electrons. The molecule has 3 heteroatoms. The number of carbonyl (C=O) groups is 1. The Bertz CT molecular complexity index is 677. The number of nitrogens with zero attached hydrogens (tertiary/aromatic N) is 1. The van der Waals surface area contributed by atoms with Crippen molar-refractivity contribution in [1.29, 1.82) is 0 Å². The van der Waals surface area contributed by atoms with Crippen molar-refractivity contribution in [1.82, 2.24) is 10.3 Å². The van der Waals surface area contributed by atoms with Gasteiger partial charge in [-0.15, -0.1) is 0 Å². The first kappa shape index (κ1) is 14.8. The van der Waals surface area contributed by atoms with Crippen LogP contribution in [0.15, 0.2) is 42.6 Å². The summed E-state index contributed by atoms with van der Waals surface area (Å²) in [6.45, 7) is 4.11. The summed E-state index contributed by atoms with van der Waals surface area (Å²) < 4.78 is 0. The molecule has 0 radical (unpaired) electrons. The van der Waals surface area contributed by atoms with E-state index in [1.165, 1.54) is 11.1 Å². The molecule has 3 rings (SSSR count). The number of hydrogen-bond acceptors (Lipinski definition) is 2. The molecule has 1 aliphatic rings. The summed E-state index contributed by atoms with van der Waals surface area (Å²) in [5, 5.41) is 3.13. The molecule has 2 aromatic rings. The molecule has 0 fully saturated rings. The first-order valence-corrected chi connectivity index (χ1v) is 7.88. The summed E-state index contributed by atoms with van der Waals surface area (Å²) in [4.78, 5) is 16.9. The predicted octanol–water partition coefficient (Wildman–Crippen LogP) is 3.32. The Kier molecular flexibility index (Phi) is 3.97. The van der Waals surface area contributed by atoms with Gasteiger partial charge < -0.3 is 5.32 Å². The number of aromatic nitrogens is 1. The van der Waals surface area contributed by atoms with Crippen molar-refractivity contribution >= 4 is 5.91 Å². The maximum Gasteiger partial charge on any atom is 0.253 e. The van der Waals surface area contributed by atoms with E-state index >= 15 is 0 Å². The average Bonchev–Trinajstić information content (AvgIpc) is 2.94. The van der Waals surface area contributed by atoms with E-state index in [-0.39, 0.29) is 11.4 Å². The van der Waals surface area contributed by atoms with E-state index in [2.05, 4.69) is 36.3 Å². The topological polar surface area (TPSA) is 42.0 Å². The lowest BCUT2D eigenvalue weighted by atomic mass is 9.94. The normalized spacial score (nSPS) is 13.7. The van der Waals surface area contributed by atoms with E-state index < -0.39 is 0 Å². The third-order valence-electron chi connectivity index (χ3n) is 4.12. The number of nitrogens with one attached hydrogen (secondary N) is 1. The van der Waals surface area contributed by atoms with Gasteiger partial charge in [-0.05, 0) is 56.7 Å². The summed E-state index contributed by atoms with van der Waals surface area (Å²) in [6, 6.07) is 12.2. The van der Waals surface area contributed by atoms with E-state index in [0.29, 0.717) is 5.56 Å². The molecule has 1 aliphatic carbocycles. The minimum Gasteiger partial charge on any atom is -0.347 e. The van der Waals surface area contributed by atoms with E-state index in [1.54, 1.807) is 6.20 Å². The lowest BCUT2D eigenvalue weighted by Crippen LogP contribution is -2.45. The summed E-state index contributed by atoms with van der Waals surface area (Å²) >= 11 is 0. The Labute approximate surface area is 131 Å². The van der Waals surface area contributed by atoms with Crippen molar-refractivity contribution in [2.24, 2.45) is 0 Å². The molecule has 1 aromatic heterocycles. The predicted molar refractivity (Wildman–Crippen MR) is 88.0 cm³/mol. The van der Waals surface area contributed by atoms with Gasteiger partial charge in [-0.2, -0.15) is 0 Å². The van der Waals surface area contributed by atoms with Crippen LogP contribution >= 0.6 is 0 Å². The molecule has 1 amide bonds. The SMILES string of the molecule is CC(C)(Cc1ccccc1)NC(=O)c1cnc2c(c1)CCC2. The van der Waals surface area contributed by atoms with Crippen molar-refractivity contribution in [2.45, 2.75) is 45.1 Å². The third kappa shape index (κ3) is 3.35. The third-order valence-corrected chi connectivity index (χ3v) is 4.12. The van der Waals surface area contributed by atoms with Crippen LogP contribution in [0.2, 0.25) is 0 Å². The Morgan fingerprint density at radius 1 is 1.23 bits per heavy atom. The number of fused-ring (bicyclic) bond motifs is 1. The van der Waals surface area contributed by atoms with Crippen LogP contribution in [0.3, 0.4) is 0 Å². The van der Waals surface area contributed by atoms with Gasteiger partial charge in [0.15, 0.2) is 0 Å². The second kappa shape index (κ2) is 5.91. The van der Waals surface area contributed by atoms with Crippen LogP contribution in [0.25, 0.3) is 0 Å². The second-order valence-electron chi connectivity index (χ2n) is 6.68. The van der Waals surface area contributed by atoms with E-state index in [0.717, 1.165) is 31.4 Å². The first-order chi connectivity index (χ1) is 10.5. The van der Waals surface area contributed by atoms with Crippen LogP contribution in [0, 0.1) is 0 Å². The molecule has 3 nitrogen and oxygen atoms in total. The zero-order valence-electron chi connectivity index (χ0n) is 13.2. The van der Waals surface area contributed by atoms with E-state index in [4.69, 9.17) is 0 Å². The highest BCUT2D eigenvalue weighted by Crippen LogP contribution is 2.21. The van der Waals surface area contributed by atoms with Crippen LogP contribution in [0.4, 0.5) is 0 Å². The summed E-state index contributed by atoms with van der Waals surface area (Å²) in [7, 11) is 0. The van der Waals surface area contributed by atoms with Gasteiger partial charge >= 0.3 is 0 Å². The summed E-state index contributed by atoms with van der Waals surface area (Å²) in [5.41, 5.74) is 3.98. The van der Waals surface area contributed by atoms with E-state index in [9.17, 15) is 4.79 Å². The van der Waals surface area contributed by atoms with Crippen LogP contribution in [-0.4, -0.2) is 16.4 Å². The van der Waals surface area contributed by atoms with Gasteiger partial charge in [0.1, 0.15) is 0 Å². The van der Waals surface area contributed by atoms with Crippen molar-refractivity contribution in [3.8, 4) is 0 Å². The smallest absolute Gasteiger partial charge is 0.253 e. The van der Waals surface area contributed by atoms with Crippen LogP contribution in [0.5, 0.6) is 0 Å². The molecule has 0 bridgehead atoms. The summed E-state index contributed by atoms with van der Waals surface area (Å²) in [6.07, 6.45) is 5.73. The molecule has 0 aliphatic heterocycles. The number of amides is 1. The van der Waals surface area contributed by atoms with Crippen molar-refractivity contribution < 1.29 is 4.79 Å². The molecule has 0 saturated heterocycles. The van der Waals surface area contributed by atoms with Crippen molar-refractivity contribution in [2.75, 3.05) is 0 Å². The highest BCUT2D eigenvalue weighted by atomic mass is 16.1. The van der Waals surface area contributed by atoms with Gasteiger partial charge in [0.2, 0.25) is 0 Å². The highest BCUT2D eigenvalue weighted by Gasteiger charge is 2.23. The summed E-state index contributed by atoms with van der Waals surface area (Å²) in [5.74, 6) is -0.0388. The Morgan fingerprint density at radius 2 is 2.00 bits per heavy atom. The zero-order chi connectivity index (χ0) is 15.6. The molecule has 1 N–H and O–H groups in total. The van der Waals surface area contributed by atoms with Gasteiger partial charge in [-0.3, -0.25) is 9.78 Å². The second-order valence-corrected chi connectivity index (χ2v) is 6.68. The maximum atomic E-state index is 12.5. The number of rotatable bonds is 4. The largest absolute Gasteiger partial charge is 0.347 e. The fraction of sp³-hybridized carbons (Fsp3) is 0.368. The van der Waals surface area contributed by atoms with Crippen LogP contribution in [-0.2, 0) is 19.3 Å². The lowest BCUT2D eigenvalue weighted by molar-refractivity contribution is 0.0912. The Hall–Kier alpha value is -2.16. The zero-order valence-corrected chi connectivity index (χ0v) is 13.2. The van der Waals surface area contributed by atoms with Gasteiger partial charge in [0.25, 0.3) is 5.91 Å². The fourth-order valence-corrected chi connectivity index (χ4v) is 3.08. The molecule has 0 saturated carbocycles. The molecular weight excluding hydrogens is 272 g/mol. The Balaban J connectivity index is 1.70. The minimum absolute atomic E-state index is 0.0388. The lowest BCUT2D eigenvalue weighted by Gasteiger charge is -2.26. The van der Waals surface area contributed by atoms with Gasteiger partial charge in [-0.1, -0.05) is 30.3 Å². The van der Waals surface area contributed by atoms with Crippen molar-refractivity contribution in [3.63, 3.8) is 0 Å². The molecule has 0 atom stereocenters. The highest BCUT2D eigenvalue weighted by molar-refractivity contribution is 5.94. The standard InChI is InChI=1S/C19H22N2O/c1-19(2,12-14-7-4-3-5-8-14)21-18(22)16-11-15-9-6-10-17(15)20-13-16/h3-5,7-8,11,13H,6,9-10,12H2,1-2H3,(H,21,22). The van der Waals surface area contributed by atoms with Crippen molar-refractivity contribution in [3.05, 3.63) is 65.0 Å². The molecule has 1 aromatic carbocycles. The molecule has 0 unspecified atom stereocenters. The average molecular weight is 294 g/mol. The number of benzene rings is 1. The minimum atomic E-state index is -0.294. The Morgan fingerprint density at radius 3 is 2.77 bits per heavy atom. The molecule has 0 spiro atoms. The van der Waals surface area contributed by atoms with E-state index in [1.807, 2.05) is 24.3 Å². The molecular formula is C19H22N2O. The van der Waals surface area contributed by atoms with Crippen LogP contribution in [0.1, 0.15) is 47.4 Å². The number of carbonyl (C=O) groups excluding carboxylic acids is 1. The van der Waals surface area contributed by atoms with Gasteiger partial charge in [0, 0.05) is 17.4 Å². The maximum absolute atomic E-state index is 12.5. The monoisotopic (exact) mass is 294 g/mol. The number of hydrogen-bond donors (Lipinski definition) is 1.